The van der Waals surface area contributed by atoms with Crippen molar-refractivity contribution in [2.45, 2.75) is 46.3 Å². The molecule has 4 nitrogen and oxygen atoms in total. The molecule has 2 atom stereocenters. The van der Waals surface area contributed by atoms with Crippen LogP contribution >= 0.6 is 0 Å². The smallest absolute Gasteiger partial charge is 0.237 e. The van der Waals surface area contributed by atoms with E-state index in [2.05, 4.69) is 17.4 Å². The summed E-state index contributed by atoms with van der Waals surface area (Å²) in [6.45, 7) is 9.11. The lowest BCUT2D eigenvalue weighted by Crippen LogP contribution is -2.48. The van der Waals surface area contributed by atoms with Gasteiger partial charge in [-0.1, -0.05) is 51.1 Å². The molecular weight excluding hydrogens is 264 g/mol. The lowest BCUT2D eigenvalue weighted by Gasteiger charge is -2.25. The maximum atomic E-state index is 11.8. The van der Waals surface area contributed by atoms with Gasteiger partial charge >= 0.3 is 0 Å². The molecule has 0 radical (unpaired) electrons. The van der Waals surface area contributed by atoms with Crippen LogP contribution in [0.1, 0.15) is 45.8 Å². The van der Waals surface area contributed by atoms with Crippen molar-refractivity contribution < 1.29 is 9.53 Å². The zero-order valence-electron chi connectivity index (χ0n) is 13.6. The lowest BCUT2D eigenvalue weighted by molar-refractivity contribution is -0.124. The van der Waals surface area contributed by atoms with Crippen LogP contribution in [0.2, 0.25) is 0 Å². The van der Waals surface area contributed by atoms with Crippen molar-refractivity contribution in [3.05, 3.63) is 35.9 Å². The van der Waals surface area contributed by atoms with Crippen LogP contribution in [0, 0.1) is 5.41 Å². The number of carbonyl (C=O) groups excluding carboxylic acids is 1. The summed E-state index contributed by atoms with van der Waals surface area (Å²) in [5, 5.41) is 2.86. The number of hydrogen-bond donors (Lipinski definition) is 2. The molecule has 0 heterocycles. The van der Waals surface area contributed by atoms with E-state index in [0.29, 0.717) is 13.2 Å². The van der Waals surface area contributed by atoms with Gasteiger partial charge in [0.15, 0.2) is 0 Å². The predicted octanol–water partition coefficient (Wildman–Crippen LogP) is 2.64. The second kappa shape index (κ2) is 8.15. The predicted molar refractivity (Wildman–Crippen MR) is 85.9 cm³/mol. The highest BCUT2D eigenvalue weighted by molar-refractivity contribution is 5.82. The minimum absolute atomic E-state index is 0.0683. The lowest BCUT2D eigenvalue weighted by atomic mass is 9.87. The molecule has 1 rings (SSSR count). The van der Waals surface area contributed by atoms with Gasteiger partial charge in [0, 0.05) is 13.2 Å². The number of rotatable bonds is 7. The molecule has 0 aromatic heterocycles. The van der Waals surface area contributed by atoms with E-state index in [9.17, 15) is 4.79 Å². The zero-order chi connectivity index (χ0) is 15.9. The van der Waals surface area contributed by atoms with Gasteiger partial charge in [-0.15, -0.1) is 0 Å². The number of amides is 1. The second-order valence-corrected chi connectivity index (χ2v) is 6.41. The third-order valence-electron chi connectivity index (χ3n) is 3.47. The average molecular weight is 292 g/mol. The Morgan fingerprint density at radius 2 is 1.90 bits per heavy atom. The SMILES string of the molecule is CC(OCCCNC(=O)[C@@H](N)C(C)(C)C)c1ccccc1. The molecule has 3 N–H and O–H groups in total. The van der Waals surface area contributed by atoms with Gasteiger partial charge < -0.3 is 15.8 Å². The minimum Gasteiger partial charge on any atom is -0.374 e. The van der Waals surface area contributed by atoms with Crippen molar-refractivity contribution in [1.82, 2.24) is 5.32 Å². The Bertz CT molecular complexity index is 426. The molecule has 0 saturated heterocycles. The average Bonchev–Trinajstić information content (AvgIpc) is 2.45. The van der Waals surface area contributed by atoms with Crippen molar-refractivity contribution in [3.63, 3.8) is 0 Å². The van der Waals surface area contributed by atoms with E-state index >= 15 is 0 Å². The number of hydrogen-bond acceptors (Lipinski definition) is 3. The van der Waals surface area contributed by atoms with Gasteiger partial charge in [0.2, 0.25) is 5.91 Å². The van der Waals surface area contributed by atoms with Crippen LogP contribution < -0.4 is 11.1 Å². The van der Waals surface area contributed by atoms with Gasteiger partial charge in [0.25, 0.3) is 0 Å². The first-order chi connectivity index (χ1) is 9.82. The van der Waals surface area contributed by atoms with Crippen LogP contribution in [0.15, 0.2) is 30.3 Å². The fraction of sp³-hybridized carbons (Fsp3) is 0.588. The maximum Gasteiger partial charge on any atom is 0.237 e. The molecule has 21 heavy (non-hydrogen) atoms. The molecule has 0 bridgehead atoms. The number of ether oxygens (including phenoxy) is 1. The largest absolute Gasteiger partial charge is 0.374 e. The van der Waals surface area contributed by atoms with E-state index < -0.39 is 6.04 Å². The summed E-state index contributed by atoms with van der Waals surface area (Å²) in [7, 11) is 0. The van der Waals surface area contributed by atoms with Crippen molar-refractivity contribution in [3.8, 4) is 0 Å². The van der Waals surface area contributed by atoms with E-state index in [0.717, 1.165) is 12.0 Å². The molecule has 1 amide bonds. The quantitative estimate of drug-likeness (QED) is 0.759. The van der Waals surface area contributed by atoms with E-state index in [1.165, 1.54) is 0 Å². The number of nitrogens with one attached hydrogen (secondary N) is 1. The highest BCUT2D eigenvalue weighted by atomic mass is 16.5. The van der Waals surface area contributed by atoms with E-state index in [4.69, 9.17) is 10.5 Å². The molecule has 0 aliphatic rings. The van der Waals surface area contributed by atoms with Crippen LogP contribution in [0.4, 0.5) is 0 Å². The summed E-state index contributed by atoms with van der Waals surface area (Å²) >= 11 is 0. The Balaban J connectivity index is 2.19. The van der Waals surface area contributed by atoms with Crippen LogP contribution in [0.5, 0.6) is 0 Å². The van der Waals surface area contributed by atoms with Crippen molar-refractivity contribution in [2.75, 3.05) is 13.2 Å². The molecule has 1 unspecified atom stereocenters. The van der Waals surface area contributed by atoms with Crippen molar-refractivity contribution in [2.24, 2.45) is 11.1 Å². The van der Waals surface area contributed by atoms with Gasteiger partial charge in [0.05, 0.1) is 12.1 Å². The standard InChI is InChI=1S/C17H28N2O2/c1-13(14-9-6-5-7-10-14)21-12-8-11-19-16(20)15(18)17(2,3)4/h5-7,9-10,13,15H,8,11-12,18H2,1-4H3,(H,19,20)/t13?,15-/m1/s1. The van der Waals surface area contributed by atoms with Crippen LogP contribution in [0.25, 0.3) is 0 Å². The molecular formula is C17H28N2O2. The summed E-state index contributed by atoms with van der Waals surface area (Å²) < 4.78 is 5.76. The Kier molecular flexibility index (Phi) is 6.85. The van der Waals surface area contributed by atoms with Gasteiger partial charge in [-0.05, 0) is 24.3 Å². The van der Waals surface area contributed by atoms with E-state index in [-0.39, 0.29) is 17.4 Å². The highest BCUT2D eigenvalue weighted by Crippen LogP contribution is 2.17. The van der Waals surface area contributed by atoms with Crippen LogP contribution in [0.3, 0.4) is 0 Å². The number of carbonyl (C=O) groups is 1. The fourth-order valence-electron chi connectivity index (χ4n) is 1.87. The highest BCUT2D eigenvalue weighted by Gasteiger charge is 2.26. The summed E-state index contributed by atoms with van der Waals surface area (Å²) in [6.07, 6.45) is 0.846. The summed E-state index contributed by atoms with van der Waals surface area (Å²) in [6, 6.07) is 9.61. The van der Waals surface area contributed by atoms with Gasteiger partial charge in [-0.25, -0.2) is 0 Å². The first-order valence-corrected chi connectivity index (χ1v) is 7.52. The molecule has 1 aromatic rings. The second-order valence-electron chi connectivity index (χ2n) is 6.41. The Morgan fingerprint density at radius 3 is 2.48 bits per heavy atom. The number of benzene rings is 1. The fourth-order valence-corrected chi connectivity index (χ4v) is 1.87. The zero-order valence-corrected chi connectivity index (χ0v) is 13.6. The third kappa shape index (κ3) is 6.27. The Hall–Kier alpha value is -1.39. The normalized spacial score (nSPS) is 14.5. The summed E-state index contributed by atoms with van der Waals surface area (Å²) in [5.74, 6) is -0.0985. The first-order valence-electron chi connectivity index (χ1n) is 7.52. The van der Waals surface area contributed by atoms with E-state index in [1.807, 2.05) is 45.9 Å². The Morgan fingerprint density at radius 1 is 1.29 bits per heavy atom. The van der Waals surface area contributed by atoms with Crippen LogP contribution in [-0.2, 0) is 9.53 Å². The number of nitrogens with two attached hydrogens (primary N) is 1. The molecule has 0 fully saturated rings. The van der Waals surface area contributed by atoms with Crippen molar-refractivity contribution in [1.29, 1.82) is 0 Å². The molecule has 118 valence electrons. The van der Waals surface area contributed by atoms with Gasteiger partial charge in [-0.2, -0.15) is 0 Å². The minimum atomic E-state index is -0.485. The van der Waals surface area contributed by atoms with Crippen molar-refractivity contribution >= 4 is 5.91 Å². The molecule has 4 heteroatoms. The third-order valence-corrected chi connectivity index (χ3v) is 3.47. The van der Waals surface area contributed by atoms with Gasteiger partial charge in [0.1, 0.15) is 0 Å². The Labute approximate surface area is 128 Å². The maximum absolute atomic E-state index is 11.8. The first kappa shape index (κ1) is 17.7. The van der Waals surface area contributed by atoms with Gasteiger partial charge in [-0.3, -0.25) is 4.79 Å². The molecule has 1 aromatic carbocycles. The monoisotopic (exact) mass is 292 g/mol. The summed E-state index contributed by atoms with van der Waals surface area (Å²) in [4.78, 5) is 11.8. The molecule has 0 aliphatic carbocycles. The molecule has 0 saturated carbocycles. The molecule has 0 spiro atoms. The van der Waals surface area contributed by atoms with Crippen LogP contribution in [-0.4, -0.2) is 25.1 Å². The summed E-state index contributed by atoms with van der Waals surface area (Å²) in [5.41, 5.74) is 6.83. The topological polar surface area (TPSA) is 64.3 Å². The molecule has 0 aliphatic heterocycles. The van der Waals surface area contributed by atoms with E-state index in [1.54, 1.807) is 0 Å².